The van der Waals surface area contributed by atoms with Crippen molar-refractivity contribution in [2.24, 2.45) is 0 Å². The molecule has 17 heavy (non-hydrogen) atoms. The third-order valence-electron chi connectivity index (χ3n) is 2.11. The number of nitrogen functional groups attached to an aromatic ring is 1. The first-order valence-electron chi connectivity index (χ1n) is 5.05. The molecule has 0 saturated heterocycles. The highest BCUT2D eigenvalue weighted by Crippen LogP contribution is 2.42. The molecule has 0 unspecified atom stereocenters. The zero-order chi connectivity index (χ0) is 13.0. The van der Waals surface area contributed by atoms with Crippen molar-refractivity contribution in [2.75, 3.05) is 37.5 Å². The maximum Gasteiger partial charge on any atom is 0.263 e. The third kappa shape index (κ3) is 2.95. The molecule has 0 bridgehead atoms. The molecule has 0 aliphatic heterocycles. The number of rotatable bonds is 5. The van der Waals surface area contributed by atoms with E-state index in [1.807, 2.05) is 25.3 Å². The Balaban J connectivity index is 3.09. The van der Waals surface area contributed by atoms with E-state index in [1.54, 1.807) is 17.8 Å². The van der Waals surface area contributed by atoms with E-state index in [-0.39, 0.29) is 5.91 Å². The fourth-order valence-corrected chi connectivity index (χ4v) is 3.40. The standard InChI is InChI=1S/C11H17N3OS2/c1-5-6-13-10(15)8-7(12)9(16-4)11(17-8)14(2)3/h5H,1,6,12H2,2-4H3,(H,13,15). The van der Waals surface area contributed by atoms with E-state index >= 15 is 0 Å². The lowest BCUT2D eigenvalue weighted by Crippen LogP contribution is -2.23. The van der Waals surface area contributed by atoms with Crippen molar-refractivity contribution in [1.29, 1.82) is 0 Å². The van der Waals surface area contributed by atoms with Gasteiger partial charge in [0.25, 0.3) is 5.91 Å². The van der Waals surface area contributed by atoms with E-state index in [9.17, 15) is 4.79 Å². The number of hydrogen-bond donors (Lipinski definition) is 2. The normalized spacial score (nSPS) is 10.1. The molecule has 1 heterocycles. The largest absolute Gasteiger partial charge is 0.396 e. The van der Waals surface area contributed by atoms with E-state index in [1.165, 1.54) is 11.3 Å². The van der Waals surface area contributed by atoms with E-state index in [0.717, 1.165) is 9.90 Å². The van der Waals surface area contributed by atoms with Crippen molar-refractivity contribution in [3.05, 3.63) is 17.5 Å². The molecule has 3 N–H and O–H groups in total. The number of nitrogens with two attached hydrogens (primary N) is 1. The summed E-state index contributed by atoms with van der Waals surface area (Å²) in [5.41, 5.74) is 6.56. The van der Waals surface area contributed by atoms with Crippen LogP contribution in [-0.2, 0) is 0 Å². The van der Waals surface area contributed by atoms with Crippen LogP contribution in [0.3, 0.4) is 0 Å². The van der Waals surface area contributed by atoms with Crippen molar-refractivity contribution in [1.82, 2.24) is 5.32 Å². The molecule has 0 atom stereocenters. The Bertz CT molecular complexity index is 427. The van der Waals surface area contributed by atoms with Crippen LogP contribution in [0.15, 0.2) is 17.6 Å². The summed E-state index contributed by atoms with van der Waals surface area (Å²) in [5.74, 6) is -0.143. The van der Waals surface area contributed by atoms with E-state index in [4.69, 9.17) is 5.73 Å². The second-order valence-electron chi connectivity index (χ2n) is 3.58. The van der Waals surface area contributed by atoms with Crippen molar-refractivity contribution < 1.29 is 4.79 Å². The van der Waals surface area contributed by atoms with Crippen LogP contribution in [0.4, 0.5) is 10.7 Å². The van der Waals surface area contributed by atoms with Crippen molar-refractivity contribution in [3.8, 4) is 0 Å². The minimum Gasteiger partial charge on any atom is -0.396 e. The lowest BCUT2D eigenvalue weighted by Gasteiger charge is -2.10. The number of nitrogens with one attached hydrogen (secondary N) is 1. The fraction of sp³-hybridized carbons (Fsp3) is 0.364. The van der Waals surface area contributed by atoms with Crippen molar-refractivity contribution in [3.63, 3.8) is 0 Å². The molecule has 1 aromatic rings. The summed E-state index contributed by atoms with van der Waals surface area (Å²) in [6.45, 7) is 4.01. The minimum absolute atomic E-state index is 0.143. The van der Waals surface area contributed by atoms with Gasteiger partial charge >= 0.3 is 0 Å². The van der Waals surface area contributed by atoms with Crippen LogP contribution in [0.5, 0.6) is 0 Å². The zero-order valence-corrected chi connectivity index (χ0v) is 11.9. The number of thioether (sulfide) groups is 1. The molecular weight excluding hydrogens is 254 g/mol. The highest BCUT2D eigenvalue weighted by atomic mass is 32.2. The number of nitrogens with zero attached hydrogens (tertiary/aromatic N) is 1. The van der Waals surface area contributed by atoms with Crippen LogP contribution < -0.4 is 16.0 Å². The smallest absolute Gasteiger partial charge is 0.263 e. The third-order valence-corrected chi connectivity index (χ3v) is 4.43. The van der Waals surface area contributed by atoms with Crippen molar-refractivity contribution in [2.45, 2.75) is 4.90 Å². The van der Waals surface area contributed by atoms with Gasteiger partial charge < -0.3 is 16.0 Å². The second-order valence-corrected chi connectivity index (χ2v) is 5.39. The van der Waals surface area contributed by atoms with Gasteiger partial charge in [-0.3, -0.25) is 4.79 Å². The Hall–Kier alpha value is -1.14. The topological polar surface area (TPSA) is 58.4 Å². The molecule has 1 aromatic heterocycles. The number of hydrogen-bond acceptors (Lipinski definition) is 5. The SMILES string of the molecule is C=CCNC(=O)c1sc(N(C)C)c(SC)c1N. The van der Waals surface area contributed by atoms with Crippen LogP contribution in [0.2, 0.25) is 0 Å². The maximum atomic E-state index is 11.9. The van der Waals surface area contributed by atoms with Gasteiger partial charge in [0, 0.05) is 20.6 Å². The van der Waals surface area contributed by atoms with Gasteiger partial charge in [-0.05, 0) is 6.26 Å². The average Bonchev–Trinajstić information content (AvgIpc) is 2.63. The Morgan fingerprint density at radius 1 is 1.65 bits per heavy atom. The Labute approximate surface area is 110 Å². The molecule has 4 nitrogen and oxygen atoms in total. The minimum atomic E-state index is -0.143. The van der Waals surface area contributed by atoms with Gasteiger partial charge in [-0.2, -0.15) is 0 Å². The van der Waals surface area contributed by atoms with Crippen LogP contribution in [0.25, 0.3) is 0 Å². The van der Waals surface area contributed by atoms with Gasteiger partial charge in [-0.15, -0.1) is 29.7 Å². The molecular formula is C11H17N3OS2. The predicted molar refractivity (Wildman–Crippen MR) is 77.4 cm³/mol. The first-order valence-corrected chi connectivity index (χ1v) is 7.09. The molecule has 6 heteroatoms. The molecule has 0 radical (unpaired) electrons. The Kier molecular flexibility index (Phi) is 4.89. The number of thiophene rings is 1. The summed E-state index contributed by atoms with van der Waals surface area (Å²) in [6, 6.07) is 0. The zero-order valence-electron chi connectivity index (χ0n) is 10.2. The van der Waals surface area contributed by atoms with Gasteiger partial charge in [0.1, 0.15) is 9.88 Å². The molecule has 0 aliphatic rings. The van der Waals surface area contributed by atoms with E-state index in [2.05, 4.69) is 11.9 Å². The number of anilines is 2. The van der Waals surface area contributed by atoms with Crippen molar-refractivity contribution >= 4 is 39.7 Å². The highest BCUT2D eigenvalue weighted by Gasteiger charge is 2.21. The maximum absolute atomic E-state index is 11.9. The number of carbonyl (C=O) groups excluding carboxylic acids is 1. The summed E-state index contributed by atoms with van der Waals surface area (Å²) in [6.07, 6.45) is 3.60. The number of carbonyl (C=O) groups is 1. The van der Waals surface area contributed by atoms with Gasteiger partial charge in [-0.1, -0.05) is 6.08 Å². The first kappa shape index (κ1) is 13.9. The first-order chi connectivity index (χ1) is 8.02. The summed E-state index contributed by atoms with van der Waals surface area (Å²) >= 11 is 2.97. The Morgan fingerprint density at radius 3 is 2.71 bits per heavy atom. The molecule has 0 aliphatic carbocycles. The summed E-state index contributed by atoms with van der Waals surface area (Å²) in [7, 11) is 3.88. The lowest BCUT2D eigenvalue weighted by atomic mass is 10.3. The second kappa shape index (κ2) is 5.97. The molecule has 1 amide bonds. The van der Waals surface area contributed by atoms with Gasteiger partial charge in [0.2, 0.25) is 0 Å². The molecule has 94 valence electrons. The molecule has 0 saturated carbocycles. The van der Waals surface area contributed by atoms with Gasteiger partial charge in [0.15, 0.2) is 0 Å². The van der Waals surface area contributed by atoms with Gasteiger partial charge in [-0.25, -0.2) is 0 Å². The monoisotopic (exact) mass is 271 g/mol. The Morgan fingerprint density at radius 2 is 2.29 bits per heavy atom. The molecule has 0 spiro atoms. The highest BCUT2D eigenvalue weighted by molar-refractivity contribution is 7.99. The van der Waals surface area contributed by atoms with Gasteiger partial charge in [0.05, 0.1) is 10.6 Å². The number of amides is 1. The average molecular weight is 271 g/mol. The quantitative estimate of drug-likeness (QED) is 0.635. The summed E-state index contributed by atoms with van der Waals surface area (Å²) < 4.78 is 0. The fourth-order valence-electron chi connectivity index (χ4n) is 1.32. The summed E-state index contributed by atoms with van der Waals surface area (Å²) in [5, 5.41) is 3.75. The summed E-state index contributed by atoms with van der Waals surface area (Å²) in [4.78, 5) is 15.4. The van der Waals surface area contributed by atoms with Crippen LogP contribution in [0, 0.1) is 0 Å². The van der Waals surface area contributed by atoms with Crippen LogP contribution in [0.1, 0.15) is 9.67 Å². The molecule has 1 rings (SSSR count). The van der Waals surface area contributed by atoms with Crippen LogP contribution >= 0.6 is 23.1 Å². The lowest BCUT2D eigenvalue weighted by molar-refractivity contribution is 0.0963. The predicted octanol–water partition coefficient (Wildman–Crippen LogP) is 2.03. The van der Waals surface area contributed by atoms with E-state index in [0.29, 0.717) is 17.1 Å². The van der Waals surface area contributed by atoms with E-state index < -0.39 is 0 Å². The molecule has 0 aromatic carbocycles. The van der Waals surface area contributed by atoms with Crippen LogP contribution in [-0.4, -0.2) is 32.8 Å². The molecule has 0 fully saturated rings.